The molecule has 1 aromatic heterocycles. The second-order valence-corrected chi connectivity index (χ2v) is 3.85. The van der Waals surface area contributed by atoms with Crippen LogP contribution in [0.25, 0.3) is 0 Å². The number of alkyl halides is 3. The number of anilines is 1. The summed E-state index contributed by atoms with van der Waals surface area (Å²) in [5.41, 5.74) is 0. The molecule has 0 fully saturated rings. The number of nitrogens with zero attached hydrogens (tertiary/aromatic N) is 2. The molecule has 0 unspecified atom stereocenters. The molecule has 1 rings (SSSR count). The number of aromatic nitrogens is 2. The summed E-state index contributed by atoms with van der Waals surface area (Å²) >= 11 is 0. The quantitative estimate of drug-likeness (QED) is 0.789. The molecule has 98 valence electrons. The molecule has 1 aromatic rings. The largest absolute Gasteiger partial charge is 0.411 e. The van der Waals surface area contributed by atoms with Crippen LogP contribution >= 0.6 is 0 Å². The Bertz CT molecular complexity index is 336. The van der Waals surface area contributed by atoms with E-state index in [4.69, 9.17) is 0 Å². The van der Waals surface area contributed by atoms with Crippen LogP contribution in [0.1, 0.15) is 19.9 Å². The van der Waals surface area contributed by atoms with Crippen LogP contribution in [0.2, 0.25) is 0 Å². The lowest BCUT2D eigenvalue weighted by atomic mass is 10.4. The first kappa shape index (κ1) is 13.8. The Morgan fingerprint density at radius 3 is 2.76 bits per heavy atom. The number of ether oxygens (including phenoxy) is 1. The first-order valence-electron chi connectivity index (χ1n) is 5.31. The summed E-state index contributed by atoms with van der Waals surface area (Å²) in [5, 5.41) is 2.92. The minimum Gasteiger partial charge on any atom is -0.370 e. The van der Waals surface area contributed by atoms with Gasteiger partial charge < -0.3 is 14.6 Å². The summed E-state index contributed by atoms with van der Waals surface area (Å²) in [6.45, 7) is 3.05. The lowest BCUT2D eigenvalue weighted by Crippen LogP contribution is -2.21. The van der Waals surface area contributed by atoms with Crippen LogP contribution in [0.5, 0.6) is 0 Å². The van der Waals surface area contributed by atoms with Crippen molar-refractivity contribution in [2.24, 2.45) is 0 Å². The van der Waals surface area contributed by atoms with Crippen molar-refractivity contribution in [2.75, 3.05) is 25.1 Å². The SMILES string of the molecule is CC(C)n1ccnc1NCCOCC(F)(F)F. The minimum absolute atomic E-state index is 0.00946. The number of imidazole rings is 1. The molecular formula is C10H16F3N3O. The van der Waals surface area contributed by atoms with Gasteiger partial charge in [0.1, 0.15) is 6.61 Å². The molecule has 0 aliphatic carbocycles. The second-order valence-electron chi connectivity index (χ2n) is 3.85. The van der Waals surface area contributed by atoms with Crippen molar-refractivity contribution in [3.63, 3.8) is 0 Å². The minimum atomic E-state index is -4.27. The maximum absolute atomic E-state index is 11.8. The van der Waals surface area contributed by atoms with E-state index in [1.807, 2.05) is 24.6 Å². The summed E-state index contributed by atoms with van der Waals surface area (Å²) in [6, 6.07) is 0.246. The Morgan fingerprint density at radius 2 is 2.18 bits per heavy atom. The van der Waals surface area contributed by atoms with Crippen molar-refractivity contribution in [3.8, 4) is 0 Å². The fourth-order valence-electron chi connectivity index (χ4n) is 1.29. The van der Waals surface area contributed by atoms with Crippen LogP contribution in [-0.4, -0.2) is 35.5 Å². The molecule has 0 saturated carbocycles. The van der Waals surface area contributed by atoms with E-state index in [2.05, 4.69) is 15.0 Å². The van der Waals surface area contributed by atoms with Gasteiger partial charge in [-0.2, -0.15) is 13.2 Å². The van der Waals surface area contributed by atoms with Gasteiger partial charge in [-0.3, -0.25) is 0 Å². The maximum atomic E-state index is 11.8. The van der Waals surface area contributed by atoms with E-state index in [0.29, 0.717) is 12.5 Å². The molecule has 0 bridgehead atoms. The summed E-state index contributed by atoms with van der Waals surface area (Å²) in [7, 11) is 0. The van der Waals surface area contributed by atoms with Gasteiger partial charge in [-0.05, 0) is 13.8 Å². The van der Waals surface area contributed by atoms with Gasteiger partial charge in [0.05, 0.1) is 6.61 Å². The molecule has 17 heavy (non-hydrogen) atoms. The van der Waals surface area contributed by atoms with Gasteiger partial charge in [0, 0.05) is 25.0 Å². The molecular weight excluding hydrogens is 235 g/mol. The molecule has 0 amide bonds. The maximum Gasteiger partial charge on any atom is 0.411 e. The predicted octanol–water partition coefficient (Wildman–Crippen LogP) is 2.45. The highest BCUT2D eigenvalue weighted by atomic mass is 19.4. The van der Waals surface area contributed by atoms with E-state index < -0.39 is 12.8 Å². The predicted molar refractivity (Wildman–Crippen MR) is 58.0 cm³/mol. The number of hydrogen-bond acceptors (Lipinski definition) is 3. The fourth-order valence-corrected chi connectivity index (χ4v) is 1.29. The normalized spacial score (nSPS) is 12.1. The van der Waals surface area contributed by atoms with Crippen LogP contribution in [-0.2, 0) is 4.74 Å². The Labute approximate surface area is 97.8 Å². The molecule has 4 nitrogen and oxygen atoms in total. The topological polar surface area (TPSA) is 39.1 Å². The molecule has 0 radical (unpaired) electrons. The van der Waals surface area contributed by atoms with Gasteiger partial charge in [0.15, 0.2) is 0 Å². The summed E-state index contributed by atoms with van der Waals surface area (Å²) in [4.78, 5) is 4.06. The Hall–Kier alpha value is -1.24. The molecule has 0 saturated heterocycles. The average molecular weight is 251 g/mol. The zero-order valence-electron chi connectivity index (χ0n) is 9.79. The van der Waals surface area contributed by atoms with E-state index in [1.54, 1.807) is 6.20 Å². The van der Waals surface area contributed by atoms with Crippen molar-refractivity contribution < 1.29 is 17.9 Å². The van der Waals surface area contributed by atoms with Gasteiger partial charge in [-0.1, -0.05) is 0 Å². The summed E-state index contributed by atoms with van der Waals surface area (Å²) in [6.07, 6.45) is -0.821. The highest BCUT2D eigenvalue weighted by Crippen LogP contribution is 2.14. The summed E-state index contributed by atoms with van der Waals surface area (Å²) < 4.78 is 41.7. The zero-order valence-corrected chi connectivity index (χ0v) is 9.79. The molecule has 1 N–H and O–H groups in total. The van der Waals surface area contributed by atoms with Crippen molar-refractivity contribution >= 4 is 5.95 Å². The monoisotopic (exact) mass is 251 g/mol. The number of rotatable bonds is 6. The van der Waals surface area contributed by atoms with Crippen LogP contribution in [0.3, 0.4) is 0 Å². The molecule has 0 aliphatic rings. The number of halogens is 3. The van der Waals surface area contributed by atoms with Gasteiger partial charge in [0.25, 0.3) is 0 Å². The molecule has 0 aliphatic heterocycles. The third-order valence-corrected chi connectivity index (χ3v) is 2.02. The van der Waals surface area contributed by atoms with E-state index in [9.17, 15) is 13.2 Å². The summed E-state index contributed by atoms with van der Waals surface area (Å²) in [5.74, 6) is 0.635. The van der Waals surface area contributed by atoms with Crippen LogP contribution < -0.4 is 5.32 Å². The Kier molecular flexibility index (Phi) is 4.80. The fraction of sp³-hybridized carbons (Fsp3) is 0.700. The van der Waals surface area contributed by atoms with Crippen molar-refractivity contribution in [1.29, 1.82) is 0 Å². The van der Waals surface area contributed by atoms with Crippen LogP contribution in [0.4, 0.5) is 19.1 Å². The third-order valence-electron chi connectivity index (χ3n) is 2.02. The van der Waals surface area contributed by atoms with Crippen LogP contribution in [0.15, 0.2) is 12.4 Å². The number of nitrogens with one attached hydrogen (secondary N) is 1. The number of hydrogen-bond donors (Lipinski definition) is 1. The van der Waals surface area contributed by atoms with Gasteiger partial charge >= 0.3 is 6.18 Å². The molecule has 0 spiro atoms. The zero-order chi connectivity index (χ0) is 12.9. The van der Waals surface area contributed by atoms with Gasteiger partial charge in [-0.15, -0.1) is 0 Å². The molecule has 7 heteroatoms. The van der Waals surface area contributed by atoms with E-state index in [1.165, 1.54) is 0 Å². The Morgan fingerprint density at radius 1 is 1.47 bits per heavy atom. The average Bonchev–Trinajstić information content (AvgIpc) is 2.63. The van der Waals surface area contributed by atoms with Crippen LogP contribution in [0, 0.1) is 0 Å². The molecule has 0 atom stereocenters. The molecule has 0 aromatic carbocycles. The van der Waals surface area contributed by atoms with E-state index in [-0.39, 0.29) is 12.6 Å². The van der Waals surface area contributed by atoms with Crippen molar-refractivity contribution in [3.05, 3.63) is 12.4 Å². The second kappa shape index (κ2) is 5.90. The lowest BCUT2D eigenvalue weighted by molar-refractivity contribution is -0.172. The van der Waals surface area contributed by atoms with Gasteiger partial charge in [-0.25, -0.2) is 4.98 Å². The van der Waals surface area contributed by atoms with Crippen molar-refractivity contribution in [2.45, 2.75) is 26.1 Å². The standard InChI is InChI=1S/C10H16F3N3O/c1-8(2)16-5-3-14-9(16)15-4-6-17-7-10(11,12)13/h3,5,8H,4,6-7H2,1-2H3,(H,14,15). The first-order chi connectivity index (χ1) is 7.90. The highest BCUT2D eigenvalue weighted by molar-refractivity contribution is 5.26. The van der Waals surface area contributed by atoms with Crippen molar-refractivity contribution in [1.82, 2.24) is 9.55 Å². The first-order valence-corrected chi connectivity index (χ1v) is 5.31. The van der Waals surface area contributed by atoms with Gasteiger partial charge in [0.2, 0.25) is 5.95 Å². The highest BCUT2D eigenvalue weighted by Gasteiger charge is 2.27. The molecule has 1 heterocycles. The smallest absolute Gasteiger partial charge is 0.370 e. The lowest BCUT2D eigenvalue weighted by Gasteiger charge is -2.13. The Balaban J connectivity index is 2.25. The van der Waals surface area contributed by atoms with E-state index >= 15 is 0 Å². The third kappa shape index (κ3) is 5.08. The van der Waals surface area contributed by atoms with E-state index in [0.717, 1.165) is 0 Å².